The summed E-state index contributed by atoms with van der Waals surface area (Å²) in [5.74, 6) is 0.194. The fourth-order valence-electron chi connectivity index (χ4n) is 4.36. The van der Waals surface area contributed by atoms with Gasteiger partial charge < -0.3 is 20.5 Å². The van der Waals surface area contributed by atoms with Gasteiger partial charge in [-0.15, -0.1) is 0 Å². The molecular weight excluding hydrogens is 564 g/mol. The first-order valence-electron chi connectivity index (χ1n) is 11.6. The Morgan fingerprint density at radius 2 is 1.81 bits per heavy atom. The largest absolute Gasteiger partial charge is 0.340 e. The lowest BCUT2D eigenvalue weighted by atomic mass is 10.1. The van der Waals surface area contributed by atoms with Crippen LogP contribution in [-0.4, -0.2) is 32.9 Å². The number of nitrogens with two attached hydrogens (primary N) is 1. The molecule has 0 radical (unpaired) electrons. The van der Waals surface area contributed by atoms with E-state index in [9.17, 15) is 13.6 Å². The molecule has 0 spiro atoms. The molecule has 4 aromatic rings. The molecule has 2 heterocycles. The van der Waals surface area contributed by atoms with Gasteiger partial charge in [0.1, 0.15) is 29.0 Å². The van der Waals surface area contributed by atoms with Gasteiger partial charge >= 0.3 is 0 Å². The van der Waals surface area contributed by atoms with E-state index in [4.69, 9.17) is 22.3 Å². The predicted molar refractivity (Wildman–Crippen MR) is 144 cm³/mol. The maximum atomic E-state index is 14.1. The van der Waals surface area contributed by atoms with Crippen LogP contribution in [0.1, 0.15) is 11.4 Å². The molecule has 0 saturated heterocycles. The van der Waals surface area contributed by atoms with Gasteiger partial charge in [0, 0.05) is 28.8 Å². The molecule has 0 unspecified atom stereocenters. The molecule has 1 aliphatic rings. The molecule has 0 aliphatic carbocycles. The quantitative estimate of drug-likeness (QED) is 0.295. The van der Waals surface area contributed by atoms with Crippen molar-refractivity contribution in [3.8, 4) is 11.3 Å². The molecule has 5 rings (SSSR count). The first-order chi connectivity index (χ1) is 17.8. The molecule has 0 saturated carbocycles. The van der Waals surface area contributed by atoms with Crippen molar-refractivity contribution in [2.24, 2.45) is 5.73 Å². The van der Waals surface area contributed by atoms with Crippen molar-refractivity contribution in [2.45, 2.75) is 25.6 Å². The number of imidazole rings is 1. The standard InChI is InChI=1S/C27H23BrClF2N5O/c28-18-5-1-16(2-6-18)13-23(32)27(37)35-11-12-36-24(15-35)34-25(17-3-7-19(30)8-4-17)26(36)33-20-9-10-21(29)22(31)14-20/h1-10,14,23,33H,11-13,15,32H2/t23-/m0/s1. The van der Waals surface area contributed by atoms with E-state index >= 15 is 0 Å². The van der Waals surface area contributed by atoms with Gasteiger partial charge in [0.2, 0.25) is 5.91 Å². The Morgan fingerprint density at radius 3 is 2.51 bits per heavy atom. The van der Waals surface area contributed by atoms with E-state index in [0.29, 0.717) is 48.1 Å². The van der Waals surface area contributed by atoms with E-state index in [2.05, 4.69) is 21.2 Å². The molecule has 37 heavy (non-hydrogen) atoms. The van der Waals surface area contributed by atoms with Gasteiger partial charge in [-0.05, 0) is 66.6 Å². The summed E-state index contributed by atoms with van der Waals surface area (Å²) in [6.45, 7) is 1.15. The summed E-state index contributed by atoms with van der Waals surface area (Å²) in [6, 6.07) is 17.4. The normalized spacial score (nSPS) is 13.8. The Hall–Kier alpha value is -3.27. The molecule has 10 heteroatoms. The van der Waals surface area contributed by atoms with Gasteiger partial charge in [-0.1, -0.05) is 39.7 Å². The summed E-state index contributed by atoms with van der Waals surface area (Å²) in [5, 5.41) is 3.26. The number of hydrogen-bond donors (Lipinski definition) is 2. The van der Waals surface area contributed by atoms with Gasteiger partial charge in [0.25, 0.3) is 0 Å². The third kappa shape index (κ3) is 5.53. The average Bonchev–Trinajstić information content (AvgIpc) is 3.25. The van der Waals surface area contributed by atoms with E-state index in [1.807, 2.05) is 28.8 Å². The van der Waals surface area contributed by atoms with E-state index < -0.39 is 11.9 Å². The van der Waals surface area contributed by atoms with Crippen molar-refractivity contribution in [3.05, 3.63) is 99.2 Å². The van der Waals surface area contributed by atoms with Crippen molar-refractivity contribution < 1.29 is 13.6 Å². The topological polar surface area (TPSA) is 76.2 Å². The molecule has 1 atom stereocenters. The van der Waals surface area contributed by atoms with Crippen LogP contribution in [0.3, 0.4) is 0 Å². The van der Waals surface area contributed by atoms with Gasteiger partial charge in [-0.2, -0.15) is 0 Å². The van der Waals surface area contributed by atoms with Crippen LogP contribution < -0.4 is 11.1 Å². The first-order valence-corrected chi connectivity index (χ1v) is 12.8. The van der Waals surface area contributed by atoms with E-state index in [1.165, 1.54) is 24.3 Å². The fourth-order valence-corrected chi connectivity index (χ4v) is 4.74. The van der Waals surface area contributed by atoms with Gasteiger partial charge in [-0.3, -0.25) is 4.79 Å². The van der Waals surface area contributed by atoms with Crippen LogP contribution in [0.25, 0.3) is 11.3 Å². The van der Waals surface area contributed by atoms with Crippen molar-refractivity contribution in [2.75, 3.05) is 11.9 Å². The minimum Gasteiger partial charge on any atom is -0.340 e. The minimum absolute atomic E-state index is 0.0215. The molecular formula is C27H23BrClF2N5O. The average molecular weight is 587 g/mol. The molecule has 1 aliphatic heterocycles. The van der Waals surface area contributed by atoms with Gasteiger partial charge in [0.05, 0.1) is 17.6 Å². The molecule has 3 aromatic carbocycles. The number of aromatic nitrogens is 2. The lowest BCUT2D eigenvalue weighted by Gasteiger charge is -2.30. The second-order valence-electron chi connectivity index (χ2n) is 8.83. The van der Waals surface area contributed by atoms with Crippen LogP contribution in [-0.2, 0) is 24.3 Å². The number of fused-ring (bicyclic) bond motifs is 1. The summed E-state index contributed by atoms with van der Waals surface area (Å²) in [4.78, 5) is 19.7. The number of hydrogen-bond acceptors (Lipinski definition) is 4. The highest BCUT2D eigenvalue weighted by atomic mass is 79.9. The Bertz CT molecular complexity index is 1440. The van der Waals surface area contributed by atoms with Gasteiger partial charge in [-0.25, -0.2) is 13.8 Å². The van der Waals surface area contributed by atoms with Crippen LogP contribution in [0.2, 0.25) is 5.02 Å². The van der Waals surface area contributed by atoms with Crippen LogP contribution in [0.5, 0.6) is 0 Å². The smallest absolute Gasteiger partial charge is 0.240 e. The maximum absolute atomic E-state index is 14.1. The number of anilines is 2. The second kappa shape index (κ2) is 10.6. The number of rotatable bonds is 6. The van der Waals surface area contributed by atoms with Crippen LogP contribution in [0.15, 0.2) is 71.2 Å². The number of amides is 1. The number of nitrogens with one attached hydrogen (secondary N) is 1. The third-order valence-electron chi connectivity index (χ3n) is 6.27. The number of halogens is 4. The highest BCUT2D eigenvalue weighted by Crippen LogP contribution is 2.34. The Morgan fingerprint density at radius 1 is 1.08 bits per heavy atom. The van der Waals surface area contributed by atoms with E-state index in [1.54, 1.807) is 23.1 Å². The number of nitrogens with zero attached hydrogens (tertiary/aromatic N) is 3. The summed E-state index contributed by atoms with van der Waals surface area (Å²) < 4.78 is 30.6. The Balaban J connectivity index is 1.42. The molecule has 1 aromatic heterocycles. The highest BCUT2D eigenvalue weighted by Gasteiger charge is 2.29. The van der Waals surface area contributed by atoms with E-state index in [-0.39, 0.29) is 23.3 Å². The zero-order valence-electron chi connectivity index (χ0n) is 19.6. The second-order valence-corrected chi connectivity index (χ2v) is 10.2. The molecule has 3 N–H and O–H groups in total. The van der Waals surface area contributed by atoms with Crippen molar-refractivity contribution in [3.63, 3.8) is 0 Å². The zero-order valence-corrected chi connectivity index (χ0v) is 21.9. The fraction of sp³-hybridized carbons (Fsp3) is 0.185. The summed E-state index contributed by atoms with van der Waals surface area (Å²) >= 11 is 9.25. The molecule has 190 valence electrons. The number of carbonyl (C=O) groups is 1. The van der Waals surface area contributed by atoms with Crippen LogP contribution >= 0.6 is 27.5 Å². The summed E-state index contributed by atoms with van der Waals surface area (Å²) in [7, 11) is 0. The summed E-state index contributed by atoms with van der Waals surface area (Å²) in [6.07, 6.45) is 0.423. The zero-order chi connectivity index (χ0) is 26.1. The molecule has 0 fully saturated rings. The SMILES string of the molecule is N[C@@H](Cc1ccc(Br)cc1)C(=O)N1CCn2c(nc(-c3ccc(F)cc3)c2Nc2ccc(Cl)c(F)c2)C1. The van der Waals surface area contributed by atoms with Crippen molar-refractivity contribution >= 4 is 44.9 Å². The summed E-state index contributed by atoms with van der Waals surface area (Å²) in [5.41, 5.74) is 9.00. The molecule has 1 amide bonds. The lowest BCUT2D eigenvalue weighted by molar-refractivity contribution is -0.134. The van der Waals surface area contributed by atoms with Crippen LogP contribution in [0.4, 0.5) is 20.3 Å². The first kappa shape index (κ1) is 25.4. The van der Waals surface area contributed by atoms with Crippen LogP contribution in [0, 0.1) is 11.6 Å². The highest BCUT2D eigenvalue weighted by molar-refractivity contribution is 9.10. The van der Waals surface area contributed by atoms with Crippen molar-refractivity contribution in [1.82, 2.24) is 14.5 Å². The van der Waals surface area contributed by atoms with Gasteiger partial charge in [0.15, 0.2) is 0 Å². The lowest BCUT2D eigenvalue weighted by Crippen LogP contribution is -2.47. The number of carbonyl (C=O) groups excluding carboxylic acids is 1. The maximum Gasteiger partial charge on any atom is 0.240 e. The Kier molecular flexibility index (Phi) is 7.28. The minimum atomic E-state index is -0.686. The van der Waals surface area contributed by atoms with E-state index in [0.717, 1.165) is 10.0 Å². The molecule has 6 nitrogen and oxygen atoms in total. The predicted octanol–water partition coefficient (Wildman–Crippen LogP) is 5.90. The van der Waals surface area contributed by atoms with Crippen molar-refractivity contribution in [1.29, 1.82) is 0 Å². The number of benzene rings is 3. The Labute approximate surface area is 226 Å². The molecule has 0 bridgehead atoms. The monoisotopic (exact) mass is 585 g/mol. The third-order valence-corrected chi connectivity index (χ3v) is 7.11.